The monoisotopic (exact) mass is 408 g/mol. The summed E-state index contributed by atoms with van der Waals surface area (Å²) in [6.45, 7) is 5.80. The van der Waals surface area contributed by atoms with Gasteiger partial charge in [0.15, 0.2) is 0 Å². The highest BCUT2D eigenvalue weighted by atomic mass is 32.2. The SMILES string of the molecule is Cc1ccc(NC(=O)c2ccc(C)c(S(=O)(=O)NCc3ccccc3)c2)c(C)c1. The zero-order chi connectivity index (χ0) is 21.0. The summed E-state index contributed by atoms with van der Waals surface area (Å²) in [6, 6.07) is 19.7. The molecule has 2 N–H and O–H groups in total. The molecule has 0 heterocycles. The van der Waals surface area contributed by atoms with Gasteiger partial charge in [-0.3, -0.25) is 4.79 Å². The van der Waals surface area contributed by atoms with E-state index in [1.54, 1.807) is 19.1 Å². The van der Waals surface area contributed by atoms with E-state index in [1.807, 2.05) is 62.4 Å². The second-order valence-electron chi connectivity index (χ2n) is 7.06. The van der Waals surface area contributed by atoms with Gasteiger partial charge in [-0.25, -0.2) is 13.1 Å². The number of hydrogen-bond donors (Lipinski definition) is 2. The lowest BCUT2D eigenvalue weighted by atomic mass is 10.1. The van der Waals surface area contributed by atoms with Gasteiger partial charge in [0.1, 0.15) is 0 Å². The number of rotatable bonds is 6. The molecule has 6 heteroatoms. The summed E-state index contributed by atoms with van der Waals surface area (Å²) in [5, 5.41) is 2.86. The van der Waals surface area contributed by atoms with E-state index in [4.69, 9.17) is 0 Å². The smallest absolute Gasteiger partial charge is 0.255 e. The van der Waals surface area contributed by atoms with Gasteiger partial charge < -0.3 is 5.32 Å². The van der Waals surface area contributed by atoms with Gasteiger partial charge in [0, 0.05) is 17.8 Å². The van der Waals surface area contributed by atoms with E-state index >= 15 is 0 Å². The lowest BCUT2D eigenvalue weighted by Crippen LogP contribution is -2.24. The van der Waals surface area contributed by atoms with Crippen molar-refractivity contribution >= 4 is 21.6 Å². The van der Waals surface area contributed by atoms with E-state index in [-0.39, 0.29) is 22.9 Å². The summed E-state index contributed by atoms with van der Waals surface area (Å²) in [6.07, 6.45) is 0. The molecule has 5 nitrogen and oxygen atoms in total. The van der Waals surface area contributed by atoms with E-state index < -0.39 is 10.0 Å². The van der Waals surface area contributed by atoms with Crippen molar-refractivity contribution < 1.29 is 13.2 Å². The molecular weight excluding hydrogens is 384 g/mol. The number of carbonyl (C=O) groups is 1. The van der Waals surface area contributed by atoms with Crippen LogP contribution in [-0.2, 0) is 16.6 Å². The van der Waals surface area contributed by atoms with Crippen molar-refractivity contribution in [2.24, 2.45) is 0 Å². The van der Waals surface area contributed by atoms with Crippen molar-refractivity contribution in [1.29, 1.82) is 0 Å². The first kappa shape index (κ1) is 20.8. The molecule has 29 heavy (non-hydrogen) atoms. The Morgan fingerprint density at radius 1 is 0.862 bits per heavy atom. The standard InChI is InChI=1S/C23H24N2O3S/c1-16-9-12-21(18(3)13-16)25-23(26)20-11-10-17(2)22(14-20)29(27,28)24-15-19-7-5-4-6-8-19/h4-14,24H,15H2,1-3H3,(H,25,26). The minimum absolute atomic E-state index is 0.0988. The van der Waals surface area contributed by atoms with Crippen LogP contribution in [0.4, 0.5) is 5.69 Å². The highest BCUT2D eigenvalue weighted by Gasteiger charge is 2.19. The van der Waals surface area contributed by atoms with Crippen LogP contribution in [0.5, 0.6) is 0 Å². The van der Waals surface area contributed by atoms with Gasteiger partial charge in [-0.15, -0.1) is 0 Å². The number of anilines is 1. The van der Waals surface area contributed by atoms with E-state index in [0.717, 1.165) is 16.7 Å². The number of aryl methyl sites for hydroxylation is 3. The second kappa shape index (κ2) is 8.59. The molecule has 3 aromatic carbocycles. The Hall–Kier alpha value is -2.96. The van der Waals surface area contributed by atoms with E-state index in [2.05, 4.69) is 10.0 Å². The first-order valence-electron chi connectivity index (χ1n) is 9.29. The molecule has 3 aromatic rings. The Morgan fingerprint density at radius 2 is 1.59 bits per heavy atom. The fourth-order valence-corrected chi connectivity index (χ4v) is 4.32. The first-order valence-corrected chi connectivity index (χ1v) is 10.8. The first-order chi connectivity index (χ1) is 13.8. The van der Waals surface area contributed by atoms with Gasteiger partial charge >= 0.3 is 0 Å². The van der Waals surface area contributed by atoms with Crippen LogP contribution in [0.25, 0.3) is 0 Å². The van der Waals surface area contributed by atoms with Crippen LogP contribution < -0.4 is 10.0 Å². The largest absolute Gasteiger partial charge is 0.322 e. The van der Waals surface area contributed by atoms with Crippen molar-refractivity contribution in [1.82, 2.24) is 4.72 Å². The van der Waals surface area contributed by atoms with Crippen LogP contribution in [0.1, 0.15) is 32.6 Å². The molecule has 0 aromatic heterocycles. The summed E-state index contributed by atoms with van der Waals surface area (Å²) >= 11 is 0. The van der Waals surface area contributed by atoms with Crippen LogP contribution in [0.2, 0.25) is 0 Å². The summed E-state index contributed by atoms with van der Waals surface area (Å²) in [5.74, 6) is -0.350. The van der Waals surface area contributed by atoms with Crippen molar-refractivity contribution in [2.75, 3.05) is 5.32 Å². The molecule has 0 spiro atoms. The van der Waals surface area contributed by atoms with Crippen LogP contribution in [0.3, 0.4) is 0 Å². The van der Waals surface area contributed by atoms with E-state index in [1.165, 1.54) is 6.07 Å². The Kier molecular flexibility index (Phi) is 6.15. The number of hydrogen-bond acceptors (Lipinski definition) is 3. The number of carbonyl (C=O) groups excluding carboxylic acids is 1. The highest BCUT2D eigenvalue weighted by Crippen LogP contribution is 2.20. The minimum Gasteiger partial charge on any atom is -0.322 e. The van der Waals surface area contributed by atoms with Gasteiger partial charge in [-0.1, -0.05) is 54.1 Å². The molecule has 3 rings (SSSR count). The summed E-state index contributed by atoms with van der Waals surface area (Å²) in [5.41, 5.74) is 4.48. The quantitative estimate of drug-likeness (QED) is 0.637. The number of benzene rings is 3. The van der Waals surface area contributed by atoms with Crippen LogP contribution >= 0.6 is 0 Å². The van der Waals surface area contributed by atoms with Crippen molar-refractivity contribution in [3.63, 3.8) is 0 Å². The van der Waals surface area contributed by atoms with Gasteiger partial charge in [-0.05, 0) is 55.7 Å². The topological polar surface area (TPSA) is 75.3 Å². The van der Waals surface area contributed by atoms with Crippen molar-refractivity contribution in [3.05, 3.63) is 94.5 Å². The predicted molar refractivity (Wildman–Crippen MR) is 116 cm³/mol. The third-order valence-electron chi connectivity index (χ3n) is 4.68. The second-order valence-corrected chi connectivity index (χ2v) is 8.80. The van der Waals surface area contributed by atoms with Gasteiger partial charge in [-0.2, -0.15) is 0 Å². The number of sulfonamides is 1. The fourth-order valence-electron chi connectivity index (χ4n) is 3.03. The molecule has 0 saturated carbocycles. The maximum Gasteiger partial charge on any atom is 0.255 e. The molecule has 0 radical (unpaired) electrons. The summed E-state index contributed by atoms with van der Waals surface area (Å²) in [7, 11) is -3.76. The van der Waals surface area contributed by atoms with Gasteiger partial charge in [0.05, 0.1) is 4.90 Å². The van der Waals surface area contributed by atoms with Crippen LogP contribution in [-0.4, -0.2) is 14.3 Å². The molecule has 0 bridgehead atoms. The fraction of sp³-hybridized carbons (Fsp3) is 0.174. The average Bonchev–Trinajstić information content (AvgIpc) is 2.69. The molecule has 0 saturated heterocycles. The Bertz CT molecular complexity index is 1140. The maximum atomic E-state index is 12.8. The minimum atomic E-state index is -3.76. The van der Waals surface area contributed by atoms with Gasteiger partial charge in [0.25, 0.3) is 5.91 Å². The molecule has 1 amide bonds. The maximum absolute atomic E-state index is 12.8. The Balaban J connectivity index is 1.82. The highest BCUT2D eigenvalue weighted by molar-refractivity contribution is 7.89. The third-order valence-corrected chi connectivity index (χ3v) is 6.22. The van der Waals surface area contributed by atoms with Crippen LogP contribution in [0.15, 0.2) is 71.6 Å². The average molecular weight is 409 g/mol. The lowest BCUT2D eigenvalue weighted by molar-refractivity contribution is 0.102. The van der Waals surface area contributed by atoms with Crippen molar-refractivity contribution in [3.8, 4) is 0 Å². The third kappa shape index (κ3) is 5.10. The molecule has 0 atom stereocenters. The summed E-state index contributed by atoms with van der Waals surface area (Å²) in [4.78, 5) is 12.8. The van der Waals surface area contributed by atoms with Gasteiger partial charge in [0.2, 0.25) is 10.0 Å². The normalized spacial score (nSPS) is 11.3. The number of amides is 1. The molecule has 0 aliphatic carbocycles. The summed E-state index contributed by atoms with van der Waals surface area (Å²) < 4.78 is 28.2. The molecule has 150 valence electrons. The van der Waals surface area contributed by atoms with E-state index in [0.29, 0.717) is 11.3 Å². The van der Waals surface area contributed by atoms with Crippen molar-refractivity contribution in [2.45, 2.75) is 32.2 Å². The Labute approximate surface area is 171 Å². The lowest BCUT2D eigenvalue weighted by Gasteiger charge is -2.13. The number of nitrogens with one attached hydrogen (secondary N) is 2. The van der Waals surface area contributed by atoms with E-state index in [9.17, 15) is 13.2 Å². The Morgan fingerprint density at radius 3 is 2.28 bits per heavy atom. The molecule has 0 aliphatic heterocycles. The predicted octanol–water partition coefficient (Wildman–Crippen LogP) is 4.34. The molecule has 0 aliphatic rings. The zero-order valence-electron chi connectivity index (χ0n) is 16.7. The molecular formula is C23H24N2O3S. The molecule has 0 fully saturated rings. The zero-order valence-corrected chi connectivity index (χ0v) is 17.5. The molecule has 0 unspecified atom stereocenters. The van der Waals surface area contributed by atoms with Crippen LogP contribution in [0, 0.1) is 20.8 Å².